The van der Waals surface area contributed by atoms with E-state index in [-0.39, 0.29) is 18.3 Å². The van der Waals surface area contributed by atoms with Crippen LogP contribution >= 0.6 is 11.6 Å². The van der Waals surface area contributed by atoms with Crippen molar-refractivity contribution in [3.8, 4) is 22.6 Å². The predicted octanol–water partition coefficient (Wildman–Crippen LogP) is 4.39. The van der Waals surface area contributed by atoms with Crippen LogP contribution in [0.25, 0.3) is 11.1 Å². The second kappa shape index (κ2) is 10.6. The summed E-state index contributed by atoms with van der Waals surface area (Å²) in [5, 5.41) is 23.2. The van der Waals surface area contributed by atoms with Crippen LogP contribution in [0.15, 0.2) is 47.3 Å². The fraction of sp³-hybridized carbons (Fsp3) is 0.375. The molecule has 0 saturated heterocycles. The SMILES string of the molecule is CCCCC1NC(Cl)=C(CO)N1Cc1cc(OC)c(-c2ccccc2C(=O)O)c(OC)c1. The van der Waals surface area contributed by atoms with Crippen LogP contribution in [0, 0.1) is 0 Å². The highest BCUT2D eigenvalue weighted by Gasteiger charge is 2.30. The number of methoxy groups -OCH3 is 2. The maximum absolute atomic E-state index is 11.8. The monoisotopic (exact) mass is 460 g/mol. The molecular formula is C24H29ClN2O5. The molecule has 0 bridgehead atoms. The molecule has 8 heteroatoms. The summed E-state index contributed by atoms with van der Waals surface area (Å²) in [4.78, 5) is 13.8. The lowest BCUT2D eigenvalue weighted by atomic mass is 9.96. The van der Waals surface area contributed by atoms with Gasteiger partial charge in [-0.1, -0.05) is 43.1 Å². The summed E-state index contributed by atoms with van der Waals surface area (Å²) in [6.07, 6.45) is 2.94. The average molecular weight is 461 g/mol. The van der Waals surface area contributed by atoms with Crippen LogP contribution < -0.4 is 14.8 Å². The molecule has 1 aliphatic rings. The van der Waals surface area contributed by atoms with Gasteiger partial charge < -0.3 is 29.9 Å². The molecule has 172 valence electrons. The van der Waals surface area contributed by atoms with Crippen molar-refractivity contribution in [2.75, 3.05) is 20.8 Å². The van der Waals surface area contributed by atoms with E-state index in [4.69, 9.17) is 21.1 Å². The highest BCUT2D eigenvalue weighted by Crippen LogP contribution is 2.42. The van der Waals surface area contributed by atoms with Gasteiger partial charge in [0, 0.05) is 12.1 Å². The number of nitrogens with one attached hydrogen (secondary N) is 1. The summed E-state index contributed by atoms with van der Waals surface area (Å²) in [5.74, 6) is -0.0139. The van der Waals surface area contributed by atoms with Gasteiger partial charge in [0.15, 0.2) is 0 Å². The van der Waals surface area contributed by atoms with Gasteiger partial charge in [0.1, 0.15) is 16.7 Å². The summed E-state index contributed by atoms with van der Waals surface area (Å²) in [7, 11) is 3.09. The van der Waals surface area contributed by atoms with E-state index >= 15 is 0 Å². The molecule has 0 spiro atoms. The molecule has 3 N–H and O–H groups in total. The van der Waals surface area contributed by atoms with Crippen LogP contribution in [0.4, 0.5) is 0 Å². The zero-order valence-corrected chi connectivity index (χ0v) is 19.3. The molecule has 0 aliphatic carbocycles. The van der Waals surface area contributed by atoms with Crippen molar-refractivity contribution in [2.45, 2.75) is 38.9 Å². The zero-order chi connectivity index (χ0) is 23.3. The number of rotatable bonds is 10. The van der Waals surface area contributed by atoms with Gasteiger partial charge in [-0.05, 0) is 36.6 Å². The van der Waals surface area contributed by atoms with Crippen LogP contribution in [-0.4, -0.2) is 48.1 Å². The molecule has 0 aromatic heterocycles. The number of aliphatic hydroxyl groups is 1. The first kappa shape index (κ1) is 23.8. The number of ether oxygens (including phenoxy) is 2. The fourth-order valence-corrected chi connectivity index (χ4v) is 4.31. The highest BCUT2D eigenvalue weighted by molar-refractivity contribution is 6.29. The standard InChI is InChI=1S/C24H29ClN2O5/c1-4-5-10-21-26-23(25)18(14-28)27(21)13-15-11-19(31-2)22(20(12-15)32-3)16-8-6-7-9-17(16)24(29)30/h6-9,11-12,21,26,28H,4-5,10,13-14H2,1-3H3,(H,29,30). The topological polar surface area (TPSA) is 91.3 Å². The third-order valence-electron chi connectivity index (χ3n) is 5.60. The van der Waals surface area contributed by atoms with Crippen LogP contribution in [0.1, 0.15) is 42.1 Å². The van der Waals surface area contributed by atoms with Crippen molar-refractivity contribution in [3.63, 3.8) is 0 Å². The first-order valence-electron chi connectivity index (χ1n) is 10.5. The minimum atomic E-state index is -1.02. The highest BCUT2D eigenvalue weighted by atomic mass is 35.5. The Hall–Kier alpha value is -2.90. The lowest BCUT2D eigenvalue weighted by molar-refractivity contribution is 0.0697. The number of benzene rings is 2. The molecule has 0 fully saturated rings. The van der Waals surface area contributed by atoms with E-state index in [1.807, 2.05) is 12.1 Å². The van der Waals surface area contributed by atoms with E-state index in [0.717, 1.165) is 24.8 Å². The third-order valence-corrected chi connectivity index (χ3v) is 5.92. The third kappa shape index (κ3) is 4.79. The van der Waals surface area contributed by atoms with Crippen molar-refractivity contribution in [1.82, 2.24) is 10.2 Å². The Morgan fingerprint density at radius 1 is 1.19 bits per heavy atom. The Balaban J connectivity index is 2.04. The fourth-order valence-electron chi connectivity index (χ4n) is 4.02. The number of aliphatic hydroxyl groups excluding tert-OH is 1. The van der Waals surface area contributed by atoms with E-state index in [1.54, 1.807) is 38.5 Å². The van der Waals surface area contributed by atoms with Crippen molar-refractivity contribution >= 4 is 17.6 Å². The average Bonchev–Trinajstić information content (AvgIpc) is 3.10. The Morgan fingerprint density at radius 3 is 2.41 bits per heavy atom. The minimum Gasteiger partial charge on any atom is -0.496 e. The molecule has 32 heavy (non-hydrogen) atoms. The van der Waals surface area contributed by atoms with Crippen molar-refractivity contribution < 1.29 is 24.5 Å². The smallest absolute Gasteiger partial charge is 0.336 e. The van der Waals surface area contributed by atoms with Crippen molar-refractivity contribution in [3.05, 3.63) is 58.4 Å². The number of hydrogen-bond donors (Lipinski definition) is 3. The molecule has 1 heterocycles. The number of unbranched alkanes of at least 4 members (excludes halogenated alkanes) is 1. The minimum absolute atomic E-state index is 0.0194. The van der Waals surface area contributed by atoms with Gasteiger partial charge in [0.2, 0.25) is 0 Å². The number of nitrogens with zero attached hydrogens (tertiary/aromatic N) is 1. The first-order chi connectivity index (χ1) is 15.4. The number of aromatic carboxylic acids is 1. The van der Waals surface area contributed by atoms with Gasteiger partial charge in [0.25, 0.3) is 0 Å². The number of carboxylic acid groups (broad SMARTS) is 1. The second-order valence-corrected chi connectivity index (χ2v) is 7.95. The van der Waals surface area contributed by atoms with E-state index in [1.165, 1.54) is 0 Å². The molecule has 3 rings (SSSR count). The van der Waals surface area contributed by atoms with Gasteiger partial charge in [-0.25, -0.2) is 4.79 Å². The van der Waals surface area contributed by atoms with Gasteiger partial charge in [-0.2, -0.15) is 0 Å². The molecule has 0 saturated carbocycles. The molecule has 0 radical (unpaired) electrons. The molecule has 2 aromatic rings. The summed E-state index contributed by atoms with van der Waals surface area (Å²) >= 11 is 6.34. The van der Waals surface area contributed by atoms with Crippen LogP contribution in [0.2, 0.25) is 0 Å². The molecule has 1 atom stereocenters. The Bertz CT molecular complexity index is 983. The van der Waals surface area contributed by atoms with Gasteiger partial charge in [0.05, 0.1) is 43.8 Å². The van der Waals surface area contributed by atoms with Gasteiger partial charge >= 0.3 is 5.97 Å². The van der Waals surface area contributed by atoms with E-state index in [0.29, 0.717) is 40.0 Å². The Morgan fingerprint density at radius 2 is 1.84 bits per heavy atom. The molecule has 1 aliphatic heterocycles. The molecular weight excluding hydrogens is 432 g/mol. The van der Waals surface area contributed by atoms with Crippen LogP contribution in [0.3, 0.4) is 0 Å². The number of halogens is 1. The van der Waals surface area contributed by atoms with E-state index < -0.39 is 5.97 Å². The summed E-state index contributed by atoms with van der Waals surface area (Å²) in [6.45, 7) is 2.43. The molecule has 1 unspecified atom stereocenters. The van der Waals surface area contributed by atoms with Gasteiger partial charge in [-0.3, -0.25) is 0 Å². The number of hydrogen-bond acceptors (Lipinski definition) is 6. The van der Waals surface area contributed by atoms with Crippen molar-refractivity contribution in [2.24, 2.45) is 0 Å². The summed E-state index contributed by atoms with van der Waals surface area (Å²) in [6, 6.07) is 10.5. The number of carboxylic acids is 1. The lowest BCUT2D eigenvalue weighted by Crippen LogP contribution is -2.37. The maximum Gasteiger partial charge on any atom is 0.336 e. The number of carbonyl (C=O) groups is 1. The summed E-state index contributed by atoms with van der Waals surface area (Å²) < 4.78 is 11.3. The normalized spacial score (nSPS) is 15.7. The second-order valence-electron chi connectivity index (χ2n) is 7.58. The largest absolute Gasteiger partial charge is 0.496 e. The van der Waals surface area contributed by atoms with E-state index in [2.05, 4.69) is 17.1 Å². The van der Waals surface area contributed by atoms with Gasteiger partial charge in [-0.15, -0.1) is 0 Å². The first-order valence-corrected chi connectivity index (χ1v) is 10.9. The van der Waals surface area contributed by atoms with E-state index in [9.17, 15) is 15.0 Å². The van der Waals surface area contributed by atoms with Crippen LogP contribution in [0.5, 0.6) is 11.5 Å². The lowest BCUT2D eigenvalue weighted by Gasteiger charge is -2.29. The zero-order valence-electron chi connectivity index (χ0n) is 18.5. The maximum atomic E-state index is 11.8. The van der Waals surface area contributed by atoms with Crippen LogP contribution in [-0.2, 0) is 6.54 Å². The Labute approximate surface area is 193 Å². The molecule has 2 aromatic carbocycles. The molecule has 7 nitrogen and oxygen atoms in total. The quantitative estimate of drug-likeness (QED) is 0.453. The Kier molecular flexibility index (Phi) is 7.88. The predicted molar refractivity (Wildman–Crippen MR) is 124 cm³/mol. The molecule has 0 amide bonds. The summed E-state index contributed by atoms with van der Waals surface area (Å²) in [5.41, 5.74) is 2.79. The van der Waals surface area contributed by atoms with Crippen molar-refractivity contribution in [1.29, 1.82) is 0 Å².